The first-order chi connectivity index (χ1) is 10.8. The SMILES string of the molecule is CN(CCc1ccncc1)c1cccc(F)c1C1=NCCN1. The van der Waals surface area contributed by atoms with E-state index >= 15 is 0 Å². The van der Waals surface area contributed by atoms with Crippen molar-refractivity contribution >= 4 is 11.5 Å². The van der Waals surface area contributed by atoms with Gasteiger partial charge in [0.25, 0.3) is 0 Å². The summed E-state index contributed by atoms with van der Waals surface area (Å²) in [6, 6.07) is 9.17. The van der Waals surface area contributed by atoms with Gasteiger partial charge in [-0.1, -0.05) is 6.07 Å². The summed E-state index contributed by atoms with van der Waals surface area (Å²) in [6.07, 6.45) is 4.47. The minimum atomic E-state index is -0.235. The number of hydrogen-bond acceptors (Lipinski definition) is 4. The van der Waals surface area contributed by atoms with Crippen LogP contribution in [0.3, 0.4) is 0 Å². The highest BCUT2D eigenvalue weighted by molar-refractivity contribution is 6.04. The Kier molecular flexibility index (Phi) is 4.32. The summed E-state index contributed by atoms with van der Waals surface area (Å²) in [4.78, 5) is 10.5. The zero-order valence-corrected chi connectivity index (χ0v) is 12.6. The van der Waals surface area contributed by atoms with Gasteiger partial charge in [0.05, 0.1) is 17.8 Å². The third kappa shape index (κ3) is 3.08. The van der Waals surface area contributed by atoms with Crippen LogP contribution in [0, 0.1) is 5.82 Å². The fourth-order valence-electron chi connectivity index (χ4n) is 2.60. The Balaban J connectivity index is 1.80. The van der Waals surface area contributed by atoms with Gasteiger partial charge < -0.3 is 10.2 Å². The first kappa shape index (κ1) is 14.5. The van der Waals surface area contributed by atoms with Crippen LogP contribution in [-0.4, -0.2) is 37.5 Å². The van der Waals surface area contributed by atoms with E-state index in [9.17, 15) is 4.39 Å². The summed E-state index contributed by atoms with van der Waals surface area (Å²) >= 11 is 0. The van der Waals surface area contributed by atoms with E-state index < -0.39 is 0 Å². The lowest BCUT2D eigenvalue weighted by Crippen LogP contribution is -2.27. The Morgan fingerprint density at radius 1 is 1.23 bits per heavy atom. The van der Waals surface area contributed by atoms with E-state index in [1.54, 1.807) is 18.5 Å². The summed E-state index contributed by atoms with van der Waals surface area (Å²) in [7, 11) is 1.98. The van der Waals surface area contributed by atoms with E-state index in [1.807, 2.05) is 25.2 Å². The molecule has 0 amide bonds. The number of rotatable bonds is 5. The predicted molar refractivity (Wildman–Crippen MR) is 87.0 cm³/mol. The van der Waals surface area contributed by atoms with Gasteiger partial charge in [0.2, 0.25) is 0 Å². The lowest BCUT2D eigenvalue weighted by atomic mass is 10.1. The van der Waals surface area contributed by atoms with Crippen LogP contribution >= 0.6 is 0 Å². The Bertz CT molecular complexity index is 670. The van der Waals surface area contributed by atoms with Crippen LogP contribution in [0.2, 0.25) is 0 Å². The van der Waals surface area contributed by atoms with Crippen LogP contribution in [0.1, 0.15) is 11.1 Å². The molecule has 114 valence electrons. The van der Waals surface area contributed by atoms with Crippen molar-refractivity contribution in [1.82, 2.24) is 10.3 Å². The van der Waals surface area contributed by atoms with E-state index in [0.717, 1.165) is 25.2 Å². The van der Waals surface area contributed by atoms with Gasteiger partial charge in [-0.3, -0.25) is 9.98 Å². The van der Waals surface area contributed by atoms with Gasteiger partial charge in [-0.05, 0) is 36.2 Å². The quantitative estimate of drug-likeness (QED) is 0.920. The highest BCUT2D eigenvalue weighted by Gasteiger charge is 2.19. The molecule has 0 unspecified atom stereocenters. The third-order valence-electron chi connectivity index (χ3n) is 3.80. The molecule has 4 nitrogen and oxygen atoms in total. The molecular formula is C17H19FN4. The molecule has 0 spiro atoms. The molecule has 1 aliphatic rings. The molecule has 0 fully saturated rings. The molecule has 2 heterocycles. The van der Waals surface area contributed by atoms with Gasteiger partial charge in [0, 0.05) is 32.5 Å². The average Bonchev–Trinajstić information content (AvgIpc) is 3.07. The zero-order chi connectivity index (χ0) is 15.4. The summed E-state index contributed by atoms with van der Waals surface area (Å²) in [5.41, 5.74) is 2.65. The number of nitrogens with zero attached hydrogens (tertiary/aromatic N) is 3. The largest absolute Gasteiger partial charge is 0.374 e. The van der Waals surface area contributed by atoms with Crippen LogP contribution in [-0.2, 0) is 6.42 Å². The zero-order valence-electron chi connectivity index (χ0n) is 12.6. The van der Waals surface area contributed by atoms with Crippen molar-refractivity contribution in [3.8, 4) is 0 Å². The molecule has 1 aliphatic heterocycles. The van der Waals surface area contributed by atoms with Crippen molar-refractivity contribution in [2.24, 2.45) is 4.99 Å². The maximum absolute atomic E-state index is 14.3. The standard InChI is InChI=1S/C17H19FN4/c1-22(12-7-13-5-8-19-9-6-13)15-4-2-3-14(18)16(15)17-20-10-11-21-17/h2-6,8-9H,7,10-12H2,1H3,(H,20,21). The summed E-state index contributed by atoms with van der Waals surface area (Å²) in [5, 5.41) is 3.16. The number of anilines is 1. The number of hydrogen-bond donors (Lipinski definition) is 1. The monoisotopic (exact) mass is 298 g/mol. The van der Waals surface area contributed by atoms with Crippen molar-refractivity contribution in [2.75, 3.05) is 31.6 Å². The Morgan fingerprint density at radius 3 is 2.77 bits per heavy atom. The number of amidine groups is 1. The summed E-state index contributed by atoms with van der Waals surface area (Å²) < 4.78 is 14.3. The van der Waals surface area contributed by atoms with Crippen LogP contribution in [0.4, 0.5) is 10.1 Å². The molecule has 5 heteroatoms. The van der Waals surface area contributed by atoms with Crippen molar-refractivity contribution in [2.45, 2.75) is 6.42 Å². The molecule has 0 saturated heterocycles. The smallest absolute Gasteiger partial charge is 0.136 e. The Hall–Kier alpha value is -2.43. The number of halogens is 1. The maximum atomic E-state index is 14.3. The number of nitrogens with one attached hydrogen (secondary N) is 1. The maximum Gasteiger partial charge on any atom is 0.136 e. The van der Waals surface area contributed by atoms with E-state index in [1.165, 1.54) is 11.6 Å². The first-order valence-electron chi connectivity index (χ1n) is 7.43. The predicted octanol–water partition coefficient (Wildman–Crippen LogP) is 2.25. The van der Waals surface area contributed by atoms with Crippen molar-refractivity contribution < 1.29 is 4.39 Å². The van der Waals surface area contributed by atoms with Crippen LogP contribution in [0.25, 0.3) is 0 Å². The summed E-state index contributed by atoms with van der Waals surface area (Å²) in [6.45, 7) is 2.27. The highest BCUT2D eigenvalue weighted by atomic mass is 19.1. The van der Waals surface area contributed by atoms with Crippen LogP contribution in [0.15, 0.2) is 47.7 Å². The molecule has 1 aromatic carbocycles. The normalized spacial score (nSPS) is 13.6. The molecular weight excluding hydrogens is 279 g/mol. The molecule has 0 atom stereocenters. The summed E-state index contributed by atoms with van der Waals surface area (Å²) in [5.74, 6) is 0.422. The van der Waals surface area contributed by atoms with Gasteiger partial charge in [-0.2, -0.15) is 0 Å². The second-order valence-electron chi connectivity index (χ2n) is 5.32. The van der Waals surface area contributed by atoms with Crippen molar-refractivity contribution in [1.29, 1.82) is 0 Å². The molecule has 0 aliphatic carbocycles. The van der Waals surface area contributed by atoms with Gasteiger partial charge in [0.1, 0.15) is 11.7 Å². The number of aromatic nitrogens is 1. The van der Waals surface area contributed by atoms with Gasteiger partial charge in [-0.25, -0.2) is 4.39 Å². The Morgan fingerprint density at radius 2 is 2.05 bits per heavy atom. The molecule has 1 aromatic heterocycles. The lowest BCUT2D eigenvalue weighted by Gasteiger charge is -2.23. The average molecular weight is 298 g/mol. The van der Waals surface area contributed by atoms with Crippen molar-refractivity contribution in [3.05, 3.63) is 59.7 Å². The van der Waals surface area contributed by atoms with Crippen LogP contribution < -0.4 is 10.2 Å². The van der Waals surface area contributed by atoms with Crippen LogP contribution in [0.5, 0.6) is 0 Å². The van der Waals surface area contributed by atoms with E-state index in [4.69, 9.17) is 0 Å². The third-order valence-corrected chi connectivity index (χ3v) is 3.80. The van der Waals surface area contributed by atoms with Gasteiger partial charge in [0.15, 0.2) is 0 Å². The minimum Gasteiger partial charge on any atom is -0.374 e. The Labute approximate surface area is 129 Å². The van der Waals surface area contributed by atoms with E-state index in [0.29, 0.717) is 17.9 Å². The van der Waals surface area contributed by atoms with E-state index in [-0.39, 0.29) is 5.82 Å². The molecule has 0 saturated carbocycles. The number of likely N-dealkylation sites (N-methyl/N-ethyl adjacent to an activating group) is 1. The minimum absolute atomic E-state index is 0.235. The second-order valence-corrected chi connectivity index (χ2v) is 5.32. The molecule has 2 aromatic rings. The highest BCUT2D eigenvalue weighted by Crippen LogP contribution is 2.23. The van der Waals surface area contributed by atoms with Gasteiger partial charge in [-0.15, -0.1) is 0 Å². The van der Waals surface area contributed by atoms with Gasteiger partial charge >= 0.3 is 0 Å². The molecule has 0 bridgehead atoms. The molecule has 3 rings (SSSR count). The van der Waals surface area contributed by atoms with E-state index in [2.05, 4.69) is 20.2 Å². The second kappa shape index (κ2) is 6.56. The number of aliphatic imine (C=N–C) groups is 1. The fourth-order valence-corrected chi connectivity index (χ4v) is 2.60. The number of benzene rings is 1. The molecule has 0 radical (unpaired) electrons. The fraction of sp³-hybridized carbons (Fsp3) is 0.294. The molecule has 22 heavy (non-hydrogen) atoms. The van der Waals surface area contributed by atoms with Crippen molar-refractivity contribution in [3.63, 3.8) is 0 Å². The molecule has 1 N–H and O–H groups in total. The number of pyridine rings is 1. The topological polar surface area (TPSA) is 40.5 Å². The lowest BCUT2D eigenvalue weighted by molar-refractivity contribution is 0.623. The first-order valence-corrected chi connectivity index (χ1v) is 7.43.